The van der Waals surface area contributed by atoms with E-state index in [1.807, 2.05) is 0 Å². The van der Waals surface area contributed by atoms with Gasteiger partial charge < -0.3 is 5.84 Å². The lowest BCUT2D eigenvalue weighted by molar-refractivity contribution is -1.00. The first-order chi connectivity index (χ1) is 7.21. The minimum absolute atomic E-state index is 0.129. The third kappa shape index (κ3) is 2.40. The molecule has 8 N–H and O–H groups in total. The maximum absolute atomic E-state index is 8.40. The number of H-pyrrole nitrogens is 1. The Hall–Kier alpha value is -2.65. The fourth-order valence-corrected chi connectivity index (χ4v) is 0.585. The van der Waals surface area contributed by atoms with Crippen LogP contribution in [0.1, 0.15) is 5.82 Å². The highest BCUT2D eigenvalue weighted by Gasteiger charge is 2.16. The molecular weight excluding hydrogens is 206 g/mol. The summed E-state index contributed by atoms with van der Waals surface area (Å²) in [5, 5.41) is 21.3. The standard InChI is InChI=1S/C3H7N11O/c4-1-2-10-12-14(11-2)15-13(7)3(8-5)9-6/h7H2,(H5,5,6,8,9,10,11,12)/p+1. The summed E-state index contributed by atoms with van der Waals surface area (Å²) in [7, 11) is 0. The van der Waals surface area contributed by atoms with Crippen molar-refractivity contribution in [2.75, 3.05) is 0 Å². The number of rotatable bonds is 2. The molecule has 0 saturated carbocycles. The summed E-state index contributed by atoms with van der Waals surface area (Å²) in [5.74, 6) is 14.9. The molecule has 1 rings (SSSR count). The van der Waals surface area contributed by atoms with Crippen LogP contribution >= 0.6 is 0 Å². The molecule has 1 aromatic heterocycles. The van der Waals surface area contributed by atoms with E-state index in [1.165, 1.54) is 0 Å². The predicted octanol–water partition coefficient (Wildman–Crippen LogP) is -4.82. The number of hydrogen-bond donors (Lipinski definition) is 5. The third-order valence-electron chi connectivity index (χ3n) is 1.15. The highest BCUT2D eigenvalue weighted by atomic mass is 16.9. The Morgan fingerprint density at radius 3 is 3.00 bits per heavy atom. The number of aromatic nitrogens is 4. The first-order valence-corrected chi connectivity index (χ1v) is 3.44. The molecule has 0 aliphatic heterocycles. The SMILES string of the molecule is N#Cc1n[nH][n+](ON(N)C(=NN)NN)n1. The normalized spacial score (nSPS) is 10.6. The number of nitriles is 1. The largest absolute Gasteiger partial charge is 0.412 e. The molecule has 0 spiro atoms. The van der Waals surface area contributed by atoms with E-state index in [1.54, 1.807) is 6.07 Å². The summed E-state index contributed by atoms with van der Waals surface area (Å²) in [5.41, 5.74) is 2.05. The summed E-state index contributed by atoms with van der Waals surface area (Å²) in [4.78, 5) is 5.44. The summed E-state index contributed by atoms with van der Waals surface area (Å²) in [6.07, 6.45) is 0. The molecule has 15 heavy (non-hydrogen) atoms. The molecular formula is C3H8N11O+. The summed E-state index contributed by atoms with van der Waals surface area (Å²) in [6, 6.07) is 1.67. The first kappa shape index (κ1) is 10.4. The van der Waals surface area contributed by atoms with Gasteiger partial charge in [-0.05, 0) is 0 Å². The zero-order chi connectivity index (χ0) is 11.3. The Bertz CT molecular complexity index is 387. The van der Waals surface area contributed by atoms with E-state index in [0.717, 1.165) is 0 Å². The average molecular weight is 214 g/mol. The first-order valence-electron chi connectivity index (χ1n) is 3.44. The van der Waals surface area contributed by atoms with Gasteiger partial charge in [0, 0.05) is 10.3 Å². The Morgan fingerprint density at radius 2 is 2.53 bits per heavy atom. The van der Waals surface area contributed by atoms with E-state index in [4.69, 9.17) is 27.7 Å². The molecule has 0 unspecified atom stereocenters. The van der Waals surface area contributed by atoms with Crippen LogP contribution in [0.25, 0.3) is 0 Å². The van der Waals surface area contributed by atoms with Crippen LogP contribution in [-0.4, -0.2) is 26.5 Å². The molecule has 0 aromatic carbocycles. The Labute approximate surface area is 82.7 Å². The van der Waals surface area contributed by atoms with Crippen molar-refractivity contribution in [2.45, 2.75) is 0 Å². The van der Waals surface area contributed by atoms with Crippen molar-refractivity contribution in [3.05, 3.63) is 5.82 Å². The third-order valence-corrected chi connectivity index (χ3v) is 1.15. The van der Waals surface area contributed by atoms with Crippen LogP contribution < -0.4 is 32.9 Å². The number of hydrazine groups is 2. The lowest BCUT2D eigenvalue weighted by Gasteiger charge is -2.11. The molecule has 0 radical (unpaired) electrons. The lowest BCUT2D eigenvalue weighted by Crippen LogP contribution is -2.63. The smallest absolute Gasteiger partial charge is 0.320 e. The predicted molar refractivity (Wildman–Crippen MR) is 42.8 cm³/mol. The molecule has 0 atom stereocenters. The molecule has 80 valence electrons. The van der Waals surface area contributed by atoms with Crippen LogP contribution in [-0.2, 0) is 0 Å². The van der Waals surface area contributed by atoms with Gasteiger partial charge in [-0.2, -0.15) is 5.26 Å². The number of nitrogens with two attached hydrogens (primary N) is 3. The van der Waals surface area contributed by atoms with Crippen LogP contribution in [0.15, 0.2) is 5.10 Å². The molecule has 12 heteroatoms. The highest BCUT2D eigenvalue weighted by molar-refractivity contribution is 5.77. The van der Waals surface area contributed by atoms with Crippen LogP contribution in [0.4, 0.5) is 0 Å². The number of aromatic amines is 1. The number of nitrogens with one attached hydrogen (secondary N) is 2. The van der Waals surface area contributed by atoms with E-state index in [-0.39, 0.29) is 11.8 Å². The van der Waals surface area contributed by atoms with Gasteiger partial charge >= 0.3 is 5.82 Å². The van der Waals surface area contributed by atoms with Gasteiger partial charge in [0.1, 0.15) is 0 Å². The Kier molecular flexibility index (Phi) is 3.16. The monoisotopic (exact) mass is 214 g/mol. The van der Waals surface area contributed by atoms with Crippen molar-refractivity contribution < 1.29 is 9.90 Å². The second-order valence-electron chi connectivity index (χ2n) is 2.02. The Morgan fingerprint density at radius 1 is 1.80 bits per heavy atom. The van der Waals surface area contributed by atoms with Gasteiger partial charge in [-0.25, -0.2) is 11.7 Å². The van der Waals surface area contributed by atoms with Gasteiger partial charge in [0.25, 0.3) is 5.96 Å². The molecule has 0 fully saturated rings. The van der Waals surface area contributed by atoms with Gasteiger partial charge in [-0.3, -0.25) is 5.43 Å². The molecule has 1 heterocycles. The summed E-state index contributed by atoms with van der Waals surface area (Å²) < 4.78 is 0. The molecule has 0 bridgehead atoms. The fourth-order valence-electron chi connectivity index (χ4n) is 0.585. The Balaban J connectivity index is 2.66. The van der Waals surface area contributed by atoms with E-state index in [0.29, 0.717) is 10.1 Å². The van der Waals surface area contributed by atoms with Crippen LogP contribution in [0.3, 0.4) is 0 Å². The van der Waals surface area contributed by atoms with Gasteiger partial charge in [-0.1, -0.05) is 5.17 Å². The van der Waals surface area contributed by atoms with Crippen LogP contribution in [0, 0.1) is 11.3 Å². The van der Waals surface area contributed by atoms with E-state index >= 15 is 0 Å². The fraction of sp³-hybridized carbons (Fsp3) is 0. The topological polar surface area (TPSA) is 184 Å². The minimum atomic E-state index is -0.169. The van der Waals surface area contributed by atoms with E-state index < -0.39 is 0 Å². The average Bonchev–Trinajstić information content (AvgIpc) is 2.67. The lowest BCUT2D eigenvalue weighted by atomic mass is 10.7. The maximum Gasteiger partial charge on any atom is 0.412 e. The number of nitrogens with zero attached hydrogens (tertiary/aromatic N) is 6. The molecule has 0 amide bonds. The van der Waals surface area contributed by atoms with Crippen molar-refractivity contribution in [2.24, 2.45) is 22.6 Å². The highest BCUT2D eigenvalue weighted by Crippen LogP contribution is 1.74. The second-order valence-corrected chi connectivity index (χ2v) is 2.02. The molecule has 0 aliphatic carbocycles. The van der Waals surface area contributed by atoms with E-state index in [9.17, 15) is 0 Å². The van der Waals surface area contributed by atoms with Gasteiger partial charge in [0.2, 0.25) is 0 Å². The van der Waals surface area contributed by atoms with Crippen molar-refractivity contribution in [1.82, 2.24) is 26.0 Å². The zero-order valence-electron chi connectivity index (χ0n) is 7.32. The van der Waals surface area contributed by atoms with Gasteiger partial charge in [0.05, 0.1) is 5.10 Å². The zero-order valence-corrected chi connectivity index (χ0v) is 7.32. The van der Waals surface area contributed by atoms with Crippen molar-refractivity contribution in [3.63, 3.8) is 0 Å². The molecule has 0 aliphatic rings. The number of tetrazole rings is 1. The molecule has 0 saturated heterocycles. The van der Waals surface area contributed by atoms with Crippen LogP contribution in [0.2, 0.25) is 0 Å². The summed E-state index contributed by atoms with van der Waals surface area (Å²) >= 11 is 0. The van der Waals surface area contributed by atoms with Gasteiger partial charge in [0.15, 0.2) is 11.0 Å². The van der Waals surface area contributed by atoms with E-state index in [2.05, 4.69) is 25.9 Å². The summed E-state index contributed by atoms with van der Waals surface area (Å²) in [6.45, 7) is 0. The van der Waals surface area contributed by atoms with Crippen molar-refractivity contribution >= 4 is 5.96 Å². The number of guanidine groups is 1. The number of hydrazone groups is 1. The maximum atomic E-state index is 8.40. The van der Waals surface area contributed by atoms with Gasteiger partial charge in [-0.15, -0.1) is 10.0 Å². The van der Waals surface area contributed by atoms with Crippen molar-refractivity contribution in [3.8, 4) is 6.07 Å². The second kappa shape index (κ2) is 4.55. The van der Waals surface area contributed by atoms with Crippen LogP contribution in [0.5, 0.6) is 0 Å². The quantitative estimate of drug-likeness (QED) is 0.106. The number of hydroxylamine groups is 1. The molecule has 1 aromatic rings. The molecule has 12 nitrogen and oxygen atoms in total. The minimum Gasteiger partial charge on any atom is -0.320 e. The van der Waals surface area contributed by atoms with Crippen molar-refractivity contribution in [1.29, 1.82) is 5.26 Å². The number of hydrogen-bond acceptors (Lipinski definition) is 8.